The van der Waals surface area contributed by atoms with Crippen LogP contribution in [0.15, 0.2) is 0 Å². The summed E-state index contributed by atoms with van der Waals surface area (Å²) in [5, 5.41) is 21.7. The van der Waals surface area contributed by atoms with Crippen LogP contribution in [-0.2, 0) is 0 Å². The first kappa shape index (κ1) is 34.9. The van der Waals surface area contributed by atoms with Crippen LogP contribution >= 0.6 is 0 Å². The molecule has 2 unspecified atom stereocenters. The molecule has 1 rings (SSSR count). The molecular weight excluding hydrogens is 454 g/mol. The van der Waals surface area contributed by atoms with Crippen molar-refractivity contribution in [3.63, 3.8) is 0 Å². The van der Waals surface area contributed by atoms with E-state index in [0.717, 1.165) is 38.8 Å². The van der Waals surface area contributed by atoms with Gasteiger partial charge in [-0.25, -0.2) is 0 Å². The number of nitrogens with zero attached hydrogens (tertiary/aromatic N) is 1. The number of rotatable bonds is 27. The molecule has 1 fully saturated rings. The summed E-state index contributed by atoms with van der Waals surface area (Å²) in [7, 11) is 0. The molecule has 0 amide bonds. The molecule has 37 heavy (non-hydrogen) atoms. The van der Waals surface area contributed by atoms with Crippen molar-refractivity contribution in [2.45, 2.75) is 205 Å². The minimum Gasteiger partial charge on any atom is -0.392 e. The Hall–Kier alpha value is -0.120. The lowest BCUT2D eigenvalue weighted by molar-refractivity contribution is 0.0280. The Morgan fingerprint density at radius 3 is 1.16 bits per heavy atom. The summed E-state index contributed by atoms with van der Waals surface area (Å²) >= 11 is 0. The Morgan fingerprint density at radius 1 is 0.486 bits per heavy atom. The molecule has 3 nitrogen and oxygen atoms in total. The highest BCUT2D eigenvalue weighted by atomic mass is 16.3. The standard InChI is InChI=1S/C34H69NO2/c1-3-5-7-9-11-13-15-17-19-24-28-33(36)30-35(32-26-22-21-23-27-32)31-34(37)29-25-20-18-16-14-12-10-8-6-4-2/h32-34,36-37H,3-31H2,1-2H3. The number of aliphatic hydroxyl groups is 2. The summed E-state index contributed by atoms with van der Waals surface area (Å²) in [4.78, 5) is 2.47. The summed E-state index contributed by atoms with van der Waals surface area (Å²) in [5.41, 5.74) is 0. The normalized spacial score (nSPS) is 16.5. The molecule has 1 aliphatic rings. The number of aliphatic hydroxyl groups excluding tert-OH is 2. The third kappa shape index (κ3) is 21.4. The second-order valence-corrected chi connectivity index (χ2v) is 12.5. The van der Waals surface area contributed by atoms with E-state index >= 15 is 0 Å². The summed E-state index contributed by atoms with van der Waals surface area (Å²) in [6.07, 6.45) is 34.7. The molecule has 0 saturated heterocycles. The molecule has 0 bridgehead atoms. The third-order valence-electron chi connectivity index (χ3n) is 8.76. The van der Waals surface area contributed by atoms with Crippen molar-refractivity contribution >= 4 is 0 Å². The van der Waals surface area contributed by atoms with Crippen LogP contribution in [0.1, 0.15) is 187 Å². The van der Waals surface area contributed by atoms with Crippen molar-refractivity contribution < 1.29 is 10.2 Å². The van der Waals surface area contributed by atoms with E-state index in [2.05, 4.69) is 18.7 Å². The molecule has 0 radical (unpaired) electrons. The Balaban J connectivity index is 2.17. The van der Waals surface area contributed by atoms with Gasteiger partial charge in [0.1, 0.15) is 0 Å². The second kappa shape index (κ2) is 26.1. The zero-order chi connectivity index (χ0) is 26.8. The van der Waals surface area contributed by atoms with E-state index in [1.807, 2.05) is 0 Å². The fraction of sp³-hybridized carbons (Fsp3) is 1.00. The van der Waals surface area contributed by atoms with Gasteiger partial charge in [0.25, 0.3) is 0 Å². The molecule has 1 aliphatic carbocycles. The predicted molar refractivity (Wildman–Crippen MR) is 163 cm³/mol. The van der Waals surface area contributed by atoms with Crippen molar-refractivity contribution in [2.75, 3.05) is 13.1 Å². The molecule has 1 saturated carbocycles. The van der Waals surface area contributed by atoms with Crippen LogP contribution in [0.5, 0.6) is 0 Å². The zero-order valence-corrected chi connectivity index (χ0v) is 25.6. The average molecular weight is 524 g/mol. The van der Waals surface area contributed by atoms with Crippen molar-refractivity contribution in [3.8, 4) is 0 Å². The van der Waals surface area contributed by atoms with Crippen LogP contribution in [0.25, 0.3) is 0 Å². The molecule has 0 heterocycles. The largest absolute Gasteiger partial charge is 0.392 e. The van der Waals surface area contributed by atoms with Crippen molar-refractivity contribution in [3.05, 3.63) is 0 Å². The van der Waals surface area contributed by atoms with Crippen molar-refractivity contribution in [2.24, 2.45) is 0 Å². The smallest absolute Gasteiger partial charge is 0.0667 e. The SMILES string of the molecule is CCCCCCCCCCCCC(O)CN(CC(O)CCCCCCCCCCCC)C1CCCCC1. The topological polar surface area (TPSA) is 43.7 Å². The lowest BCUT2D eigenvalue weighted by Crippen LogP contribution is -2.45. The van der Waals surface area contributed by atoms with Gasteiger partial charge in [0.15, 0.2) is 0 Å². The van der Waals surface area contributed by atoms with Gasteiger partial charge in [-0.2, -0.15) is 0 Å². The van der Waals surface area contributed by atoms with E-state index in [0.29, 0.717) is 6.04 Å². The first-order chi connectivity index (χ1) is 18.2. The van der Waals surface area contributed by atoms with Gasteiger partial charge < -0.3 is 10.2 Å². The highest BCUT2D eigenvalue weighted by molar-refractivity contribution is 4.80. The molecule has 0 aromatic rings. The maximum Gasteiger partial charge on any atom is 0.0667 e. The summed E-state index contributed by atoms with van der Waals surface area (Å²) < 4.78 is 0. The Labute approximate surface area is 233 Å². The number of hydrogen-bond donors (Lipinski definition) is 2. The maximum absolute atomic E-state index is 10.8. The van der Waals surface area contributed by atoms with Crippen molar-refractivity contribution in [1.29, 1.82) is 0 Å². The van der Waals surface area contributed by atoms with Crippen LogP contribution in [0.4, 0.5) is 0 Å². The van der Waals surface area contributed by atoms with E-state index in [9.17, 15) is 10.2 Å². The van der Waals surface area contributed by atoms with E-state index < -0.39 is 0 Å². The molecular formula is C34H69NO2. The Kier molecular flexibility index (Phi) is 24.6. The molecule has 2 atom stereocenters. The average Bonchev–Trinajstić information content (AvgIpc) is 2.91. The van der Waals surface area contributed by atoms with E-state index in [1.165, 1.54) is 148 Å². The zero-order valence-electron chi connectivity index (χ0n) is 25.6. The summed E-state index contributed by atoms with van der Waals surface area (Å²) in [6, 6.07) is 0.568. The molecule has 0 aromatic heterocycles. The quantitative estimate of drug-likeness (QED) is 0.105. The summed E-state index contributed by atoms with van der Waals surface area (Å²) in [6.45, 7) is 6.09. The van der Waals surface area contributed by atoms with Gasteiger partial charge in [0.2, 0.25) is 0 Å². The summed E-state index contributed by atoms with van der Waals surface area (Å²) in [5.74, 6) is 0. The van der Waals surface area contributed by atoms with Gasteiger partial charge in [0.05, 0.1) is 12.2 Å². The lowest BCUT2D eigenvalue weighted by atomic mass is 9.93. The minimum absolute atomic E-state index is 0.236. The van der Waals surface area contributed by atoms with E-state index in [1.54, 1.807) is 0 Å². The maximum atomic E-state index is 10.8. The van der Waals surface area contributed by atoms with Crippen LogP contribution < -0.4 is 0 Å². The van der Waals surface area contributed by atoms with Gasteiger partial charge in [-0.1, -0.05) is 162 Å². The van der Waals surface area contributed by atoms with E-state index in [4.69, 9.17) is 0 Å². The Morgan fingerprint density at radius 2 is 0.811 bits per heavy atom. The minimum atomic E-state index is -0.236. The van der Waals surface area contributed by atoms with Gasteiger partial charge in [-0.15, -0.1) is 0 Å². The molecule has 222 valence electrons. The highest BCUT2D eigenvalue weighted by Crippen LogP contribution is 2.24. The molecule has 0 aliphatic heterocycles. The fourth-order valence-electron chi connectivity index (χ4n) is 6.28. The van der Waals surface area contributed by atoms with Gasteiger partial charge in [-0.05, 0) is 25.7 Å². The first-order valence-electron chi connectivity index (χ1n) is 17.3. The van der Waals surface area contributed by atoms with Gasteiger partial charge in [-0.3, -0.25) is 4.90 Å². The van der Waals surface area contributed by atoms with Crippen LogP contribution in [0.3, 0.4) is 0 Å². The number of unbranched alkanes of at least 4 members (excludes halogenated alkanes) is 18. The van der Waals surface area contributed by atoms with Gasteiger partial charge >= 0.3 is 0 Å². The highest BCUT2D eigenvalue weighted by Gasteiger charge is 2.25. The van der Waals surface area contributed by atoms with Gasteiger partial charge in [0, 0.05) is 19.1 Å². The van der Waals surface area contributed by atoms with Crippen molar-refractivity contribution in [1.82, 2.24) is 4.90 Å². The van der Waals surface area contributed by atoms with Crippen LogP contribution in [0, 0.1) is 0 Å². The van der Waals surface area contributed by atoms with Crippen LogP contribution in [-0.4, -0.2) is 46.5 Å². The number of hydrogen-bond acceptors (Lipinski definition) is 3. The van der Waals surface area contributed by atoms with E-state index in [-0.39, 0.29) is 12.2 Å². The fourth-order valence-corrected chi connectivity index (χ4v) is 6.28. The third-order valence-corrected chi connectivity index (χ3v) is 8.76. The lowest BCUT2D eigenvalue weighted by Gasteiger charge is -2.37. The Bertz CT molecular complexity index is 419. The molecule has 3 heteroatoms. The monoisotopic (exact) mass is 524 g/mol. The second-order valence-electron chi connectivity index (χ2n) is 12.5. The first-order valence-corrected chi connectivity index (χ1v) is 17.3. The predicted octanol–water partition coefficient (Wildman–Crippen LogP) is 9.96. The molecule has 2 N–H and O–H groups in total. The van der Waals surface area contributed by atoms with Crippen LogP contribution in [0.2, 0.25) is 0 Å². The molecule has 0 spiro atoms. The molecule has 0 aromatic carbocycles.